The average molecular weight is 456 g/mol. The third-order valence-corrected chi connectivity index (χ3v) is 6.00. The van der Waals surface area contributed by atoms with E-state index in [9.17, 15) is 9.59 Å². The van der Waals surface area contributed by atoms with Crippen LogP contribution in [-0.2, 0) is 11.3 Å². The summed E-state index contributed by atoms with van der Waals surface area (Å²) in [4.78, 5) is 25.4. The Labute approximate surface area is 184 Å². The van der Waals surface area contributed by atoms with E-state index in [2.05, 4.69) is 36.6 Å². The Kier molecular flexibility index (Phi) is 6.33. The molecule has 0 saturated carbocycles. The highest BCUT2D eigenvalue weighted by atomic mass is 32.2. The second-order valence-electron chi connectivity index (χ2n) is 6.12. The van der Waals surface area contributed by atoms with E-state index in [4.69, 9.17) is 0 Å². The van der Waals surface area contributed by atoms with Gasteiger partial charge in [-0.15, -0.1) is 26.6 Å². The van der Waals surface area contributed by atoms with E-state index in [1.165, 1.54) is 22.8 Å². The van der Waals surface area contributed by atoms with Gasteiger partial charge < -0.3 is 4.57 Å². The van der Waals surface area contributed by atoms with Crippen molar-refractivity contribution >= 4 is 34.9 Å². The van der Waals surface area contributed by atoms with Gasteiger partial charge in [0.25, 0.3) is 5.91 Å². The molecule has 13 heteroatoms. The standard InChI is InChI=1S/C18H17N9O2S2/c1-2-26-16(14-4-3-9-30-14)21-23-18(26)31-10-15(28)20-22-17(29)12-5-7-13(8-6-12)27-11-19-24-25-27/h3-9,11H,2,10H2,1H3,(H,20,28)(H,22,29). The molecule has 0 spiro atoms. The van der Waals surface area contributed by atoms with Crippen LogP contribution in [-0.4, -0.2) is 52.5 Å². The molecule has 0 aliphatic rings. The Balaban J connectivity index is 1.29. The lowest BCUT2D eigenvalue weighted by Gasteiger charge is -2.08. The second-order valence-corrected chi connectivity index (χ2v) is 8.01. The van der Waals surface area contributed by atoms with Gasteiger partial charge in [0, 0.05) is 12.1 Å². The molecule has 3 aromatic heterocycles. The van der Waals surface area contributed by atoms with Crippen LogP contribution in [0.4, 0.5) is 0 Å². The molecule has 31 heavy (non-hydrogen) atoms. The molecular formula is C18H17N9O2S2. The van der Waals surface area contributed by atoms with Gasteiger partial charge in [-0.2, -0.15) is 0 Å². The predicted octanol–water partition coefficient (Wildman–Crippen LogP) is 1.56. The summed E-state index contributed by atoms with van der Waals surface area (Å²) < 4.78 is 3.42. The van der Waals surface area contributed by atoms with Crippen molar-refractivity contribution in [2.24, 2.45) is 0 Å². The molecule has 4 rings (SSSR count). The van der Waals surface area contributed by atoms with E-state index in [-0.39, 0.29) is 11.7 Å². The number of hydrogen-bond donors (Lipinski definition) is 2. The number of rotatable bonds is 7. The number of hydrazine groups is 1. The van der Waals surface area contributed by atoms with E-state index in [1.807, 2.05) is 29.0 Å². The molecule has 0 unspecified atom stereocenters. The Hall–Kier alpha value is -3.58. The number of tetrazole rings is 1. The van der Waals surface area contributed by atoms with Gasteiger partial charge in [0.1, 0.15) is 6.33 Å². The summed E-state index contributed by atoms with van der Waals surface area (Å²) >= 11 is 2.84. The van der Waals surface area contributed by atoms with Crippen LogP contribution >= 0.6 is 23.1 Å². The Morgan fingerprint density at radius 2 is 1.97 bits per heavy atom. The molecule has 0 aliphatic carbocycles. The van der Waals surface area contributed by atoms with Crippen LogP contribution in [0.15, 0.2) is 53.3 Å². The first-order valence-corrected chi connectivity index (χ1v) is 11.0. The topological polar surface area (TPSA) is 133 Å². The Morgan fingerprint density at radius 3 is 2.65 bits per heavy atom. The smallest absolute Gasteiger partial charge is 0.269 e. The number of aromatic nitrogens is 7. The minimum atomic E-state index is -0.432. The first kappa shape index (κ1) is 20.7. The number of amides is 2. The van der Waals surface area contributed by atoms with E-state index < -0.39 is 5.91 Å². The molecule has 4 aromatic rings. The van der Waals surface area contributed by atoms with Crippen LogP contribution < -0.4 is 10.9 Å². The fourth-order valence-corrected chi connectivity index (χ4v) is 4.20. The maximum Gasteiger partial charge on any atom is 0.269 e. The minimum absolute atomic E-state index is 0.0844. The summed E-state index contributed by atoms with van der Waals surface area (Å²) in [5.74, 6) is 0.0744. The molecule has 0 radical (unpaired) electrons. The van der Waals surface area contributed by atoms with Gasteiger partial charge >= 0.3 is 0 Å². The summed E-state index contributed by atoms with van der Waals surface area (Å²) in [5, 5.41) is 21.9. The van der Waals surface area contributed by atoms with E-state index >= 15 is 0 Å². The number of benzene rings is 1. The summed E-state index contributed by atoms with van der Waals surface area (Å²) in [6, 6.07) is 10.6. The van der Waals surface area contributed by atoms with Crippen molar-refractivity contribution in [1.82, 2.24) is 45.8 Å². The second kappa shape index (κ2) is 9.49. The van der Waals surface area contributed by atoms with E-state index in [1.54, 1.807) is 35.6 Å². The van der Waals surface area contributed by atoms with Crippen LogP contribution in [0.25, 0.3) is 16.4 Å². The van der Waals surface area contributed by atoms with Gasteiger partial charge in [-0.1, -0.05) is 17.8 Å². The third kappa shape index (κ3) is 4.78. The largest absolute Gasteiger partial charge is 0.302 e. The lowest BCUT2D eigenvalue weighted by molar-refractivity contribution is -0.119. The van der Waals surface area contributed by atoms with Crippen LogP contribution in [0.5, 0.6) is 0 Å². The van der Waals surface area contributed by atoms with Crippen molar-refractivity contribution in [2.75, 3.05) is 5.75 Å². The van der Waals surface area contributed by atoms with Crippen molar-refractivity contribution in [3.05, 3.63) is 53.7 Å². The number of hydrogen-bond acceptors (Lipinski definition) is 9. The van der Waals surface area contributed by atoms with Gasteiger partial charge in [-0.25, -0.2) is 4.68 Å². The number of nitrogens with one attached hydrogen (secondary N) is 2. The van der Waals surface area contributed by atoms with Crippen molar-refractivity contribution in [1.29, 1.82) is 0 Å². The van der Waals surface area contributed by atoms with Crippen LogP contribution in [0.3, 0.4) is 0 Å². The zero-order valence-corrected chi connectivity index (χ0v) is 17.9. The first-order chi connectivity index (χ1) is 15.2. The number of nitrogens with zero attached hydrogens (tertiary/aromatic N) is 7. The number of thiophene rings is 1. The van der Waals surface area contributed by atoms with Crippen molar-refractivity contribution in [2.45, 2.75) is 18.6 Å². The van der Waals surface area contributed by atoms with Gasteiger partial charge in [-0.3, -0.25) is 20.4 Å². The highest BCUT2D eigenvalue weighted by Crippen LogP contribution is 2.26. The number of carbonyl (C=O) groups is 2. The molecule has 0 aliphatic heterocycles. The molecule has 2 amide bonds. The highest BCUT2D eigenvalue weighted by molar-refractivity contribution is 7.99. The van der Waals surface area contributed by atoms with Crippen molar-refractivity contribution in [3.8, 4) is 16.4 Å². The van der Waals surface area contributed by atoms with Crippen molar-refractivity contribution in [3.63, 3.8) is 0 Å². The lowest BCUT2D eigenvalue weighted by Crippen LogP contribution is -2.42. The van der Waals surface area contributed by atoms with Crippen LogP contribution in [0, 0.1) is 0 Å². The van der Waals surface area contributed by atoms with Gasteiger partial charge in [0.05, 0.1) is 16.3 Å². The first-order valence-electron chi connectivity index (χ1n) is 9.18. The molecular weight excluding hydrogens is 438 g/mol. The SMILES string of the molecule is CCn1c(SCC(=O)NNC(=O)c2ccc(-n3cnnn3)cc2)nnc1-c1cccs1. The molecule has 0 atom stereocenters. The summed E-state index contributed by atoms with van der Waals surface area (Å²) in [5.41, 5.74) is 5.92. The van der Waals surface area contributed by atoms with Crippen molar-refractivity contribution < 1.29 is 9.59 Å². The molecule has 3 heterocycles. The minimum Gasteiger partial charge on any atom is -0.302 e. The molecule has 11 nitrogen and oxygen atoms in total. The zero-order valence-electron chi connectivity index (χ0n) is 16.3. The zero-order chi connectivity index (χ0) is 21.6. The van der Waals surface area contributed by atoms with Crippen LogP contribution in [0.1, 0.15) is 17.3 Å². The summed E-state index contributed by atoms with van der Waals surface area (Å²) in [7, 11) is 0. The quantitative estimate of drug-likeness (QED) is 0.317. The Bertz CT molecular complexity index is 1160. The molecule has 2 N–H and O–H groups in total. The van der Waals surface area contributed by atoms with E-state index in [0.717, 1.165) is 10.7 Å². The molecule has 0 fully saturated rings. The molecule has 1 aromatic carbocycles. The fourth-order valence-electron chi connectivity index (χ4n) is 2.68. The fraction of sp³-hybridized carbons (Fsp3) is 0.167. The average Bonchev–Trinajstić information content (AvgIpc) is 3.56. The number of carbonyl (C=O) groups excluding carboxylic acids is 2. The van der Waals surface area contributed by atoms with E-state index in [0.29, 0.717) is 23.0 Å². The van der Waals surface area contributed by atoms with Gasteiger partial charge in [0.15, 0.2) is 11.0 Å². The van der Waals surface area contributed by atoms with Crippen LogP contribution in [0.2, 0.25) is 0 Å². The Morgan fingerprint density at radius 1 is 1.13 bits per heavy atom. The third-order valence-electron chi connectivity index (χ3n) is 4.17. The van der Waals surface area contributed by atoms with Gasteiger partial charge in [0.2, 0.25) is 5.91 Å². The lowest BCUT2D eigenvalue weighted by atomic mass is 10.2. The normalized spacial score (nSPS) is 10.7. The maximum atomic E-state index is 12.3. The molecule has 0 saturated heterocycles. The maximum absolute atomic E-state index is 12.3. The summed E-state index contributed by atoms with van der Waals surface area (Å²) in [6.45, 7) is 2.68. The molecule has 0 bridgehead atoms. The summed E-state index contributed by atoms with van der Waals surface area (Å²) in [6.07, 6.45) is 1.45. The molecule has 158 valence electrons. The van der Waals surface area contributed by atoms with Gasteiger partial charge in [-0.05, 0) is 53.1 Å². The monoisotopic (exact) mass is 455 g/mol. The predicted molar refractivity (Wildman–Crippen MR) is 114 cm³/mol. The highest BCUT2D eigenvalue weighted by Gasteiger charge is 2.15. The number of thioether (sulfide) groups is 1.